The third-order valence-corrected chi connectivity index (χ3v) is 3.92. The summed E-state index contributed by atoms with van der Waals surface area (Å²) in [5.74, 6) is 1.22. The molecular formula is C16H19N3O. The second-order valence-electron chi connectivity index (χ2n) is 5.45. The second kappa shape index (κ2) is 4.87. The molecule has 1 fully saturated rings. The van der Waals surface area contributed by atoms with Crippen LogP contribution in [-0.4, -0.2) is 16.6 Å². The quantitative estimate of drug-likeness (QED) is 0.910. The topological polar surface area (TPSA) is 61.0 Å². The highest BCUT2D eigenvalue weighted by atomic mass is 16.5. The van der Waals surface area contributed by atoms with Crippen molar-refractivity contribution in [1.29, 1.82) is 0 Å². The van der Waals surface area contributed by atoms with Crippen LogP contribution in [0.3, 0.4) is 0 Å². The normalized spacial score (nSPS) is 22.1. The van der Waals surface area contributed by atoms with Crippen LogP contribution in [0, 0.1) is 6.92 Å². The Labute approximate surface area is 119 Å². The predicted molar refractivity (Wildman–Crippen MR) is 79.2 cm³/mol. The largest absolute Gasteiger partial charge is 0.383 e. The van der Waals surface area contributed by atoms with Gasteiger partial charge >= 0.3 is 0 Å². The molecule has 1 unspecified atom stereocenters. The average Bonchev–Trinajstić information content (AvgIpc) is 2.91. The summed E-state index contributed by atoms with van der Waals surface area (Å²) in [7, 11) is 0. The van der Waals surface area contributed by atoms with E-state index in [1.807, 2.05) is 44.2 Å². The van der Waals surface area contributed by atoms with Crippen molar-refractivity contribution in [2.24, 2.45) is 0 Å². The number of nitrogen functional groups attached to an aromatic ring is 1. The summed E-state index contributed by atoms with van der Waals surface area (Å²) in [5.41, 5.74) is 8.54. The average molecular weight is 269 g/mol. The zero-order valence-electron chi connectivity index (χ0n) is 11.9. The van der Waals surface area contributed by atoms with Gasteiger partial charge in [-0.3, -0.25) is 0 Å². The van der Waals surface area contributed by atoms with Crippen LogP contribution in [-0.2, 0) is 10.3 Å². The lowest BCUT2D eigenvalue weighted by Crippen LogP contribution is -2.24. The zero-order chi connectivity index (χ0) is 14.2. The molecule has 0 bridgehead atoms. The van der Waals surface area contributed by atoms with Crippen molar-refractivity contribution in [3.8, 4) is 11.3 Å². The highest BCUT2D eigenvalue weighted by molar-refractivity contribution is 5.67. The first-order valence-electron chi connectivity index (χ1n) is 6.94. The van der Waals surface area contributed by atoms with Crippen LogP contribution < -0.4 is 5.73 Å². The Morgan fingerprint density at radius 1 is 1.20 bits per heavy atom. The minimum atomic E-state index is -0.411. The van der Waals surface area contributed by atoms with Gasteiger partial charge in [0.25, 0.3) is 0 Å². The predicted octanol–water partition coefficient (Wildman–Crippen LogP) is 3.06. The van der Waals surface area contributed by atoms with Crippen LogP contribution in [0.2, 0.25) is 0 Å². The fraction of sp³-hybridized carbons (Fsp3) is 0.375. The number of nitrogens with zero attached hydrogens (tertiary/aromatic N) is 2. The molecule has 4 heteroatoms. The van der Waals surface area contributed by atoms with Crippen molar-refractivity contribution in [3.63, 3.8) is 0 Å². The van der Waals surface area contributed by atoms with Gasteiger partial charge in [0.05, 0.1) is 5.69 Å². The minimum Gasteiger partial charge on any atom is -0.383 e. The van der Waals surface area contributed by atoms with E-state index in [4.69, 9.17) is 15.5 Å². The molecular weight excluding hydrogens is 250 g/mol. The molecule has 1 aromatic carbocycles. The lowest BCUT2D eigenvalue weighted by atomic mass is 10.0. The van der Waals surface area contributed by atoms with Gasteiger partial charge in [-0.1, -0.05) is 30.3 Å². The molecule has 0 saturated carbocycles. The molecule has 2 N–H and O–H groups in total. The van der Waals surface area contributed by atoms with Crippen LogP contribution in [0.5, 0.6) is 0 Å². The van der Waals surface area contributed by atoms with Crippen molar-refractivity contribution in [2.45, 2.75) is 32.3 Å². The number of hydrogen-bond acceptors (Lipinski definition) is 4. The van der Waals surface area contributed by atoms with E-state index in [2.05, 4.69) is 4.98 Å². The van der Waals surface area contributed by atoms with E-state index in [0.717, 1.165) is 36.3 Å². The third kappa shape index (κ3) is 2.16. The van der Waals surface area contributed by atoms with E-state index in [1.54, 1.807) is 0 Å². The van der Waals surface area contributed by atoms with Crippen molar-refractivity contribution in [2.75, 3.05) is 12.3 Å². The van der Waals surface area contributed by atoms with Gasteiger partial charge in [-0.25, -0.2) is 9.97 Å². The number of aromatic nitrogens is 2. The lowest BCUT2D eigenvalue weighted by molar-refractivity contribution is 0.00952. The molecule has 2 aromatic rings. The van der Waals surface area contributed by atoms with Crippen molar-refractivity contribution >= 4 is 5.82 Å². The Bertz CT molecular complexity index is 619. The lowest BCUT2D eigenvalue weighted by Gasteiger charge is -2.23. The summed E-state index contributed by atoms with van der Waals surface area (Å²) < 4.78 is 5.83. The highest BCUT2D eigenvalue weighted by Gasteiger charge is 2.35. The Kier molecular flexibility index (Phi) is 3.18. The van der Waals surface area contributed by atoms with Gasteiger partial charge in [0.1, 0.15) is 11.4 Å². The Morgan fingerprint density at radius 2 is 1.95 bits per heavy atom. The van der Waals surface area contributed by atoms with Gasteiger partial charge < -0.3 is 10.5 Å². The molecule has 20 heavy (non-hydrogen) atoms. The molecule has 0 radical (unpaired) electrons. The molecule has 1 aliphatic rings. The summed E-state index contributed by atoms with van der Waals surface area (Å²) in [6.07, 6.45) is 1.97. The van der Waals surface area contributed by atoms with Gasteiger partial charge in [0.15, 0.2) is 5.82 Å². The number of ether oxygens (including phenoxy) is 1. The fourth-order valence-corrected chi connectivity index (χ4v) is 2.60. The molecule has 1 aliphatic heterocycles. The van der Waals surface area contributed by atoms with Gasteiger partial charge in [-0.15, -0.1) is 0 Å². The fourth-order valence-electron chi connectivity index (χ4n) is 2.60. The Morgan fingerprint density at radius 3 is 2.60 bits per heavy atom. The van der Waals surface area contributed by atoms with Gasteiger partial charge in [0.2, 0.25) is 0 Å². The smallest absolute Gasteiger partial charge is 0.162 e. The van der Waals surface area contributed by atoms with Crippen LogP contribution in [0.15, 0.2) is 30.3 Å². The van der Waals surface area contributed by atoms with E-state index >= 15 is 0 Å². The first-order chi connectivity index (χ1) is 9.60. The van der Waals surface area contributed by atoms with Crippen molar-refractivity contribution in [1.82, 2.24) is 9.97 Å². The summed E-state index contributed by atoms with van der Waals surface area (Å²) in [4.78, 5) is 9.20. The van der Waals surface area contributed by atoms with Gasteiger partial charge in [-0.2, -0.15) is 0 Å². The summed E-state index contributed by atoms with van der Waals surface area (Å²) in [6.45, 7) is 4.76. The maximum absolute atomic E-state index is 6.08. The maximum atomic E-state index is 6.08. The molecule has 0 spiro atoms. The molecule has 1 aromatic heterocycles. The number of hydrogen-bond donors (Lipinski definition) is 1. The van der Waals surface area contributed by atoms with E-state index in [9.17, 15) is 0 Å². The molecule has 0 amide bonds. The van der Waals surface area contributed by atoms with Crippen LogP contribution in [0.1, 0.15) is 31.2 Å². The van der Waals surface area contributed by atoms with Crippen LogP contribution >= 0.6 is 0 Å². The third-order valence-electron chi connectivity index (χ3n) is 3.92. The maximum Gasteiger partial charge on any atom is 0.162 e. The van der Waals surface area contributed by atoms with Crippen LogP contribution in [0.25, 0.3) is 11.3 Å². The number of anilines is 1. The van der Waals surface area contributed by atoms with E-state index in [-0.39, 0.29) is 0 Å². The van der Waals surface area contributed by atoms with Crippen molar-refractivity contribution < 1.29 is 4.74 Å². The summed E-state index contributed by atoms with van der Waals surface area (Å²) in [6, 6.07) is 10.1. The van der Waals surface area contributed by atoms with E-state index < -0.39 is 5.60 Å². The SMILES string of the molecule is Cc1c(N)nc(C2(C)CCCO2)nc1-c1ccccc1. The molecule has 4 nitrogen and oxygen atoms in total. The Balaban J connectivity index is 2.13. The minimum absolute atomic E-state index is 0.411. The number of rotatable bonds is 2. The first-order valence-corrected chi connectivity index (χ1v) is 6.94. The number of nitrogens with two attached hydrogens (primary N) is 1. The van der Waals surface area contributed by atoms with Crippen molar-refractivity contribution in [3.05, 3.63) is 41.7 Å². The summed E-state index contributed by atoms with van der Waals surface area (Å²) >= 11 is 0. The number of benzene rings is 1. The highest BCUT2D eigenvalue weighted by Crippen LogP contribution is 2.35. The van der Waals surface area contributed by atoms with Crippen LogP contribution in [0.4, 0.5) is 5.82 Å². The molecule has 104 valence electrons. The first kappa shape index (κ1) is 13.1. The molecule has 1 saturated heterocycles. The molecule has 1 atom stereocenters. The monoisotopic (exact) mass is 269 g/mol. The van der Waals surface area contributed by atoms with E-state index in [0.29, 0.717) is 11.6 Å². The standard InChI is InChI=1S/C16H19N3O/c1-11-13(12-7-4-3-5-8-12)18-15(19-14(11)17)16(2)9-6-10-20-16/h3-5,7-8H,6,9-10H2,1-2H3,(H2,17,18,19). The van der Waals surface area contributed by atoms with Gasteiger partial charge in [-0.05, 0) is 26.7 Å². The van der Waals surface area contributed by atoms with Gasteiger partial charge in [0, 0.05) is 17.7 Å². The summed E-state index contributed by atoms with van der Waals surface area (Å²) in [5, 5.41) is 0. The van der Waals surface area contributed by atoms with E-state index in [1.165, 1.54) is 0 Å². The Hall–Kier alpha value is -1.94. The molecule has 0 aliphatic carbocycles. The second-order valence-corrected chi connectivity index (χ2v) is 5.45. The molecule has 2 heterocycles. The molecule has 3 rings (SSSR count). The zero-order valence-corrected chi connectivity index (χ0v) is 11.9.